The van der Waals surface area contributed by atoms with Crippen LogP contribution in [0.2, 0.25) is 20.1 Å². The van der Waals surface area contributed by atoms with Crippen LogP contribution in [0.4, 0.5) is 0 Å². The fourth-order valence-corrected chi connectivity index (χ4v) is 13.1. The van der Waals surface area contributed by atoms with Gasteiger partial charge in [-0.25, -0.2) is 0 Å². The lowest BCUT2D eigenvalue weighted by molar-refractivity contribution is -0.179. The molecule has 4 aromatic carbocycles. The first-order valence-corrected chi connectivity index (χ1v) is 29.2. The maximum Gasteiger partial charge on any atom is 0.252 e. The van der Waals surface area contributed by atoms with Crippen LogP contribution in [0.25, 0.3) is 0 Å². The van der Waals surface area contributed by atoms with Crippen LogP contribution in [-0.4, -0.2) is 80.0 Å². The molecule has 0 bridgehead atoms. The molecule has 2 aliphatic carbocycles. The molecule has 4 heterocycles. The standard InChI is InChI=1S/2C29H33Cl2N3O2S/c2*1-29(2,3)37-17-24(19-7-8-19)34-26(20-9-11-22(30)12-10-20)27(21-5-4-6-23(31)14-21)36-25(28(34)35)13-18-15-32-33-16-18/h2*4-6,9-12,14-15,19,24-27H,7-8,13,16-17H2,1-3H3/t24-,25+,26-,27-;24-,25-,26-,27-/m11/s1. The predicted molar refractivity (Wildman–Crippen MR) is 303 cm³/mol. The number of morpholine rings is 2. The number of rotatable bonds is 16. The summed E-state index contributed by atoms with van der Waals surface area (Å²) in [5.41, 5.74) is 5.97. The van der Waals surface area contributed by atoms with Crippen molar-refractivity contribution in [1.82, 2.24) is 9.80 Å². The number of amides is 2. The number of carbonyl (C=O) groups excluding carboxylic acids is 2. The van der Waals surface area contributed by atoms with Gasteiger partial charge in [0.05, 0.1) is 37.6 Å². The van der Waals surface area contributed by atoms with Crippen molar-refractivity contribution in [1.29, 1.82) is 0 Å². The molecule has 4 aromatic rings. The average Bonchev–Trinajstić information content (AvgIpc) is 4.27. The summed E-state index contributed by atoms with van der Waals surface area (Å²) in [5.74, 6) is 2.82. The summed E-state index contributed by atoms with van der Waals surface area (Å²) in [4.78, 5) is 33.0. The molecule has 0 unspecified atom stereocenters. The Bertz CT molecular complexity index is 2570. The normalized spacial score (nSPS) is 24.9. The van der Waals surface area contributed by atoms with E-state index >= 15 is 0 Å². The Hall–Kier alpha value is -3.72. The topological polar surface area (TPSA) is 109 Å². The number of thioether (sulfide) groups is 2. The summed E-state index contributed by atoms with van der Waals surface area (Å²) in [7, 11) is 0. The number of carbonyl (C=O) groups is 2. The van der Waals surface area contributed by atoms with Gasteiger partial charge in [0, 0.05) is 66.0 Å². The molecule has 2 saturated carbocycles. The van der Waals surface area contributed by atoms with Gasteiger partial charge < -0.3 is 19.3 Å². The van der Waals surface area contributed by atoms with Gasteiger partial charge in [0.1, 0.15) is 24.4 Å². The number of azo groups is 2. The van der Waals surface area contributed by atoms with Crippen LogP contribution in [-0.2, 0) is 19.1 Å². The SMILES string of the molecule is CC(C)(C)SC[C@H](C1CC1)N1C(=O)[C@@H](CC2=CN=NC2)O[C@H](c2cccc(Cl)c2)[C@H]1c1ccc(Cl)cc1.CC(C)(C)SC[C@H](C1CC1)N1C(=O)[C@H](CC2=CN=NC2)O[C@H](c2cccc(Cl)c2)[C@H]1c1ccc(Cl)cc1. The monoisotopic (exact) mass is 1110 g/mol. The van der Waals surface area contributed by atoms with Crippen LogP contribution in [0.1, 0.15) is 127 Å². The predicted octanol–water partition coefficient (Wildman–Crippen LogP) is 16.1. The number of ether oxygens (including phenoxy) is 2. The second-order valence-electron chi connectivity index (χ2n) is 22.2. The number of hydrogen-bond acceptors (Lipinski definition) is 10. The van der Waals surface area contributed by atoms with Crippen molar-refractivity contribution in [2.24, 2.45) is 32.3 Å². The molecule has 74 heavy (non-hydrogen) atoms. The molecule has 6 aliphatic rings. The van der Waals surface area contributed by atoms with Gasteiger partial charge in [0.15, 0.2) is 0 Å². The maximum atomic E-state index is 14.4. The Balaban J connectivity index is 0.000000182. The largest absolute Gasteiger partial charge is 0.358 e. The maximum absolute atomic E-state index is 14.4. The summed E-state index contributed by atoms with van der Waals surface area (Å²) < 4.78 is 13.6. The van der Waals surface area contributed by atoms with Crippen molar-refractivity contribution >= 4 is 81.7 Å². The summed E-state index contributed by atoms with van der Waals surface area (Å²) >= 11 is 29.3. The van der Waals surface area contributed by atoms with Crippen molar-refractivity contribution in [2.75, 3.05) is 24.6 Å². The average molecular weight is 1120 g/mol. The first-order chi connectivity index (χ1) is 35.4. The third kappa shape index (κ3) is 14.1. The number of halogens is 4. The first kappa shape index (κ1) is 55.0. The smallest absolute Gasteiger partial charge is 0.252 e. The van der Waals surface area contributed by atoms with Crippen molar-refractivity contribution in [3.63, 3.8) is 0 Å². The Morgan fingerprint density at radius 3 is 1.23 bits per heavy atom. The minimum Gasteiger partial charge on any atom is -0.358 e. The van der Waals surface area contributed by atoms with E-state index in [1.807, 2.05) is 121 Å². The summed E-state index contributed by atoms with van der Waals surface area (Å²) in [6.45, 7) is 14.4. The van der Waals surface area contributed by atoms with Crippen LogP contribution in [0, 0.1) is 11.8 Å². The van der Waals surface area contributed by atoms with Crippen molar-refractivity contribution in [2.45, 2.75) is 138 Å². The van der Waals surface area contributed by atoms with Gasteiger partial charge in [-0.15, -0.1) is 0 Å². The lowest BCUT2D eigenvalue weighted by Gasteiger charge is -2.49. The summed E-state index contributed by atoms with van der Waals surface area (Å²) in [5, 5.41) is 18.8. The Morgan fingerprint density at radius 1 is 0.541 bits per heavy atom. The van der Waals surface area contributed by atoms with Crippen molar-refractivity contribution < 1.29 is 19.1 Å². The van der Waals surface area contributed by atoms with Crippen LogP contribution in [0.5, 0.6) is 0 Å². The van der Waals surface area contributed by atoms with E-state index in [0.717, 1.165) is 70.6 Å². The lowest BCUT2D eigenvalue weighted by Crippen LogP contribution is -2.56. The zero-order valence-electron chi connectivity index (χ0n) is 42.9. The molecule has 2 saturated heterocycles. The van der Waals surface area contributed by atoms with E-state index in [0.29, 0.717) is 57.9 Å². The molecule has 0 N–H and O–H groups in total. The fraction of sp³-hybridized carbons (Fsp3) is 0.483. The van der Waals surface area contributed by atoms with Crippen LogP contribution in [0.3, 0.4) is 0 Å². The van der Waals surface area contributed by atoms with Gasteiger partial charge in [-0.1, -0.05) is 136 Å². The second kappa shape index (κ2) is 23.9. The third-order valence-corrected chi connectivity index (χ3v) is 17.9. The Kier molecular flexibility index (Phi) is 17.8. The third-order valence-electron chi connectivity index (χ3n) is 14.1. The number of nitrogens with zero attached hydrogens (tertiary/aromatic N) is 6. The molecule has 16 heteroatoms. The number of benzene rings is 4. The second-order valence-corrected chi connectivity index (χ2v) is 27.6. The quantitative estimate of drug-likeness (QED) is 0.111. The molecule has 392 valence electrons. The summed E-state index contributed by atoms with van der Waals surface area (Å²) in [6.07, 6.45) is 7.08. The Morgan fingerprint density at radius 2 is 0.919 bits per heavy atom. The zero-order valence-corrected chi connectivity index (χ0v) is 47.5. The molecule has 10 nitrogen and oxygen atoms in total. The lowest BCUT2D eigenvalue weighted by atomic mass is 9.89. The van der Waals surface area contributed by atoms with Crippen LogP contribution >= 0.6 is 69.9 Å². The van der Waals surface area contributed by atoms with Gasteiger partial charge in [0.2, 0.25) is 0 Å². The Labute approximate surface area is 465 Å². The molecule has 2 amide bonds. The van der Waals surface area contributed by atoms with E-state index < -0.39 is 12.2 Å². The molecule has 4 aliphatic heterocycles. The van der Waals surface area contributed by atoms with E-state index in [4.69, 9.17) is 55.9 Å². The van der Waals surface area contributed by atoms with Crippen molar-refractivity contribution in [3.8, 4) is 0 Å². The highest BCUT2D eigenvalue weighted by Gasteiger charge is 2.52. The summed E-state index contributed by atoms with van der Waals surface area (Å²) in [6, 6.07) is 30.9. The molecular formula is C58H66Cl4N6O4S2. The molecule has 0 radical (unpaired) electrons. The van der Waals surface area contributed by atoms with Crippen molar-refractivity contribution in [3.05, 3.63) is 163 Å². The molecule has 8 atom stereocenters. The first-order valence-electron chi connectivity index (χ1n) is 25.7. The minimum absolute atomic E-state index is 0.0393. The van der Waals surface area contributed by atoms with Gasteiger partial charge in [-0.05, 0) is 119 Å². The molecule has 4 fully saturated rings. The molecular weight excluding hydrogens is 1050 g/mol. The molecule has 0 spiro atoms. The van der Waals surface area contributed by atoms with Gasteiger partial charge in [0.25, 0.3) is 11.8 Å². The molecule has 10 rings (SSSR count). The van der Waals surface area contributed by atoms with Crippen LogP contribution in [0.15, 0.2) is 141 Å². The molecule has 0 aromatic heterocycles. The highest BCUT2D eigenvalue weighted by Crippen LogP contribution is 2.51. The highest BCUT2D eigenvalue weighted by atomic mass is 35.5. The van der Waals surface area contributed by atoms with Gasteiger partial charge >= 0.3 is 0 Å². The fourth-order valence-electron chi connectivity index (χ4n) is 10.2. The number of hydrogen-bond donors (Lipinski definition) is 0. The van der Waals surface area contributed by atoms with E-state index in [1.165, 1.54) is 0 Å². The van der Waals surface area contributed by atoms with Gasteiger partial charge in [-0.2, -0.15) is 44.0 Å². The zero-order chi connectivity index (χ0) is 52.3. The minimum atomic E-state index is -0.608. The van der Waals surface area contributed by atoms with E-state index in [2.05, 4.69) is 71.8 Å². The van der Waals surface area contributed by atoms with Gasteiger partial charge in [-0.3, -0.25) is 9.59 Å². The van der Waals surface area contributed by atoms with Crippen LogP contribution < -0.4 is 0 Å². The van der Waals surface area contributed by atoms with E-state index in [9.17, 15) is 9.59 Å². The van der Waals surface area contributed by atoms with E-state index in [-0.39, 0.29) is 57.7 Å². The van der Waals surface area contributed by atoms with E-state index in [1.54, 1.807) is 12.4 Å². The highest BCUT2D eigenvalue weighted by molar-refractivity contribution is 8.00.